The van der Waals surface area contributed by atoms with Crippen molar-refractivity contribution in [3.8, 4) is 0 Å². The second-order valence-electron chi connectivity index (χ2n) is 6.44. The third kappa shape index (κ3) is 11.0. The minimum Gasteiger partial charge on any atom is -0.480 e. The first kappa shape index (κ1) is 22.4. The third-order valence-corrected chi connectivity index (χ3v) is 4.30. The molecular formula is C18H34N2O4. The smallest absolute Gasteiger partial charge is 0.326 e. The van der Waals surface area contributed by atoms with Gasteiger partial charge in [0, 0.05) is 19.9 Å². The molecule has 0 radical (unpaired) electrons. The molecule has 24 heavy (non-hydrogen) atoms. The van der Waals surface area contributed by atoms with Crippen LogP contribution in [0.3, 0.4) is 0 Å². The fourth-order valence-electron chi connectivity index (χ4n) is 2.70. The number of primary amides is 1. The number of amides is 2. The topological polar surface area (TPSA) is 101 Å². The molecule has 0 unspecified atom stereocenters. The lowest BCUT2D eigenvalue weighted by Gasteiger charge is -2.24. The van der Waals surface area contributed by atoms with Gasteiger partial charge in [-0.15, -0.1) is 0 Å². The Labute approximate surface area is 145 Å². The number of carbonyl (C=O) groups is 3. The van der Waals surface area contributed by atoms with Crippen molar-refractivity contribution in [2.75, 3.05) is 7.05 Å². The molecule has 0 heterocycles. The number of unbranched alkanes of at least 4 members (excludes halogenated alkanes) is 8. The normalized spacial score (nSPS) is 11.9. The molecule has 0 aromatic rings. The van der Waals surface area contributed by atoms with E-state index in [1.54, 1.807) is 0 Å². The summed E-state index contributed by atoms with van der Waals surface area (Å²) in [4.78, 5) is 35.4. The molecule has 1 atom stereocenters. The fraction of sp³-hybridized carbons (Fsp3) is 0.833. The molecule has 0 saturated carbocycles. The van der Waals surface area contributed by atoms with E-state index < -0.39 is 17.9 Å². The van der Waals surface area contributed by atoms with Crippen LogP contribution in [0.1, 0.15) is 84.0 Å². The predicted molar refractivity (Wildman–Crippen MR) is 94.5 cm³/mol. The maximum atomic E-state index is 12.1. The van der Waals surface area contributed by atoms with Gasteiger partial charge in [0.25, 0.3) is 0 Å². The van der Waals surface area contributed by atoms with Gasteiger partial charge in [0.15, 0.2) is 0 Å². The summed E-state index contributed by atoms with van der Waals surface area (Å²) in [5.41, 5.74) is 5.05. The Hall–Kier alpha value is -1.59. The molecule has 6 heteroatoms. The molecule has 140 valence electrons. The minimum atomic E-state index is -1.10. The number of carbonyl (C=O) groups excluding carboxylic acids is 2. The Kier molecular flexibility index (Phi) is 12.9. The highest BCUT2D eigenvalue weighted by atomic mass is 16.4. The number of carboxylic acid groups (broad SMARTS) is 1. The largest absolute Gasteiger partial charge is 0.480 e. The van der Waals surface area contributed by atoms with E-state index in [-0.39, 0.29) is 18.7 Å². The van der Waals surface area contributed by atoms with Crippen LogP contribution in [0.25, 0.3) is 0 Å². The summed E-state index contributed by atoms with van der Waals surface area (Å²) in [5.74, 6) is -1.84. The van der Waals surface area contributed by atoms with Gasteiger partial charge in [-0.05, 0) is 12.8 Å². The molecular weight excluding hydrogens is 308 g/mol. The molecule has 0 bridgehead atoms. The first-order valence-electron chi connectivity index (χ1n) is 9.16. The summed E-state index contributed by atoms with van der Waals surface area (Å²) < 4.78 is 0. The van der Waals surface area contributed by atoms with Gasteiger partial charge in [-0.25, -0.2) is 4.79 Å². The van der Waals surface area contributed by atoms with Crippen molar-refractivity contribution in [2.24, 2.45) is 5.73 Å². The predicted octanol–water partition coefficient (Wildman–Crippen LogP) is 3.08. The zero-order valence-electron chi connectivity index (χ0n) is 15.3. The lowest BCUT2D eigenvalue weighted by Crippen LogP contribution is -2.42. The molecule has 2 amide bonds. The SMILES string of the molecule is CCCCCCCCCCCC(=O)N(C)[C@@H](CCC(N)=O)C(=O)O. The van der Waals surface area contributed by atoms with Crippen LogP contribution in [-0.2, 0) is 14.4 Å². The van der Waals surface area contributed by atoms with E-state index in [1.807, 2.05) is 0 Å². The van der Waals surface area contributed by atoms with Gasteiger partial charge in [-0.2, -0.15) is 0 Å². The van der Waals surface area contributed by atoms with E-state index in [2.05, 4.69) is 6.92 Å². The molecule has 6 nitrogen and oxygen atoms in total. The van der Waals surface area contributed by atoms with Crippen molar-refractivity contribution < 1.29 is 19.5 Å². The third-order valence-electron chi connectivity index (χ3n) is 4.30. The van der Waals surface area contributed by atoms with Crippen molar-refractivity contribution in [3.63, 3.8) is 0 Å². The van der Waals surface area contributed by atoms with Gasteiger partial charge < -0.3 is 15.7 Å². The molecule has 0 spiro atoms. The van der Waals surface area contributed by atoms with Crippen LogP contribution in [-0.4, -0.2) is 40.9 Å². The van der Waals surface area contributed by atoms with Crippen molar-refractivity contribution in [1.82, 2.24) is 4.90 Å². The summed E-state index contributed by atoms with van der Waals surface area (Å²) in [6.45, 7) is 2.21. The van der Waals surface area contributed by atoms with Crippen LogP contribution in [0.2, 0.25) is 0 Å². The van der Waals surface area contributed by atoms with Gasteiger partial charge in [-0.1, -0.05) is 58.3 Å². The lowest BCUT2D eigenvalue weighted by atomic mass is 10.1. The number of aliphatic carboxylic acids is 1. The van der Waals surface area contributed by atoms with Crippen LogP contribution in [0.4, 0.5) is 0 Å². The van der Waals surface area contributed by atoms with Gasteiger partial charge in [0.2, 0.25) is 11.8 Å². The van der Waals surface area contributed by atoms with Crippen LogP contribution in [0.15, 0.2) is 0 Å². The Morgan fingerprint density at radius 1 is 0.917 bits per heavy atom. The number of hydrogen-bond donors (Lipinski definition) is 2. The zero-order chi connectivity index (χ0) is 18.4. The number of rotatable bonds is 15. The average Bonchev–Trinajstić information content (AvgIpc) is 2.52. The second kappa shape index (κ2) is 13.8. The van der Waals surface area contributed by atoms with Gasteiger partial charge in [-0.3, -0.25) is 9.59 Å². The fourth-order valence-corrected chi connectivity index (χ4v) is 2.70. The lowest BCUT2D eigenvalue weighted by molar-refractivity contribution is -0.149. The summed E-state index contributed by atoms with van der Waals surface area (Å²) in [7, 11) is 1.48. The van der Waals surface area contributed by atoms with Crippen LogP contribution >= 0.6 is 0 Å². The van der Waals surface area contributed by atoms with Crippen LogP contribution < -0.4 is 5.73 Å². The molecule has 0 fully saturated rings. The molecule has 0 aromatic carbocycles. The molecule has 0 aliphatic rings. The number of nitrogens with two attached hydrogens (primary N) is 1. The van der Waals surface area contributed by atoms with Crippen molar-refractivity contribution in [2.45, 2.75) is 90.0 Å². The van der Waals surface area contributed by atoms with Crippen molar-refractivity contribution in [3.05, 3.63) is 0 Å². The highest BCUT2D eigenvalue weighted by Gasteiger charge is 2.26. The standard InChI is InChI=1S/C18H34N2O4/c1-3-4-5-6-7-8-9-10-11-12-17(22)20(2)15(18(23)24)13-14-16(19)21/h15H,3-14H2,1-2H3,(H2,19,21)(H,23,24)/t15-/m0/s1. The number of carboxylic acids is 1. The number of hydrogen-bond acceptors (Lipinski definition) is 3. The van der Waals surface area contributed by atoms with E-state index >= 15 is 0 Å². The van der Waals surface area contributed by atoms with E-state index in [4.69, 9.17) is 5.73 Å². The Morgan fingerprint density at radius 3 is 1.88 bits per heavy atom. The van der Waals surface area contributed by atoms with E-state index in [0.717, 1.165) is 19.3 Å². The molecule has 0 aliphatic heterocycles. The quantitative estimate of drug-likeness (QED) is 0.447. The summed E-state index contributed by atoms with van der Waals surface area (Å²) in [6.07, 6.45) is 10.9. The van der Waals surface area contributed by atoms with Gasteiger partial charge >= 0.3 is 5.97 Å². The molecule has 0 rings (SSSR count). The Balaban J connectivity index is 3.91. The minimum absolute atomic E-state index is 0.0351. The average molecular weight is 342 g/mol. The first-order valence-corrected chi connectivity index (χ1v) is 9.16. The van der Waals surface area contributed by atoms with Gasteiger partial charge in [0.1, 0.15) is 6.04 Å². The van der Waals surface area contributed by atoms with Crippen molar-refractivity contribution in [1.29, 1.82) is 0 Å². The van der Waals surface area contributed by atoms with E-state index in [0.29, 0.717) is 6.42 Å². The molecule has 0 aromatic heterocycles. The van der Waals surface area contributed by atoms with E-state index in [9.17, 15) is 19.5 Å². The molecule has 3 N–H and O–H groups in total. The Bertz CT molecular complexity index is 385. The van der Waals surface area contributed by atoms with E-state index in [1.165, 1.54) is 50.5 Å². The second-order valence-corrected chi connectivity index (χ2v) is 6.44. The van der Waals surface area contributed by atoms with Gasteiger partial charge in [0.05, 0.1) is 0 Å². The molecule has 0 saturated heterocycles. The highest BCUT2D eigenvalue weighted by Crippen LogP contribution is 2.13. The zero-order valence-corrected chi connectivity index (χ0v) is 15.3. The molecule has 0 aliphatic carbocycles. The summed E-state index contributed by atoms with van der Waals surface area (Å²) in [6, 6.07) is -0.983. The highest BCUT2D eigenvalue weighted by molar-refractivity contribution is 5.84. The number of likely N-dealkylation sites (N-methyl/N-ethyl adjacent to an activating group) is 1. The maximum absolute atomic E-state index is 12.1. The number of nitrogens with zero attached hydrogens (tertiary/aromatic N) is 1. The summed E-state index contributed by atoms with van der Waals surface area (Å²) >= 11 is 0. The maximum Gasteiger partial charge on any atom is 0.326 e. The summed E-state index contributed by atoms with van der Waals surface area (Å²) in [5, 5.41) is 9.19. The monoisotopic (exact) mass is 342 g/mol. The Morgan fingerprint density at radius 2 is 1.42 bits per heavy atom. The van der Waals surface area contributed by atoms with Crippen molar-refractivity contribution >= 4 is 17.8 Å². The van der Waals surface area contributed by atoms with Crippen LogP contribution in [0, 0.1) is 0 Å². The van der Waals surface area contributed by atoms with Crippen LogP contribution in [0.5, 0.6) is 0 Å². The first-order chi connectivity index (χ1) is 11.4.